The van der Waals surface area contributed by atoms with Gasteiger partial charge in [0.15, 0.2) is 0 Å². The molecule has 5 nitrogen and oxygen atoms in total. The third-order valence-corrected chi connectivity index (χ3v) is 4.00. The fraction of sp³-hybridized carbons (Fsp3) is 0.600. The van der Waals surface area contributed by atoms with Crippen molar-refractivity contribution in [1.29, 1.82) is 0 Å². The fourth-order valence-electron chi connectivity index (χ4n) is 2.67. The van der Waals surface area contributed by atoms with Crippen LogP contribution in [-0.2, 0) is 11.3 Å². The molecule has 1 aliphatic carbocycles. The maximum Gasteiger partial charge on any atom is 0.339 e. The zero-order chi connectivity index (χ0) is 14.4. The minimum Gasteiger partial charge on any atom is -0.465 e. The Morgan fingerprint density at radius 3 is 2.70 bits per heavy atom. The van der Waals surface area contributed by atoms with Gasteiger partial charge >= 0.3 is 5.97 Å². The molecule has 1 aliphatic rings. The van der Waals surface area contributed by atoms with Crippen molar-refractivity contribution in [2.45, 2.75) is 44.2 Å². The summed E-state index contributed by atoms with van der Waals surface area (Å²) in [6, 6.07) is 3.52. The second-order valence-electron chi connectivity index (χ2n) is 5.38. The molecule has 1 fully saturated rings. The number of carbonyl (C=O) groups is 1. The molecular weight excluding hydrogens is 256 g/mol. The van der Waals surface area contributed by atoms with Crippen molar-refractivity contribution in [2.24, 2.45) is 0 Å². The van der Waals surface area contributed by atoms with Crippen LogP contribution >= 0.6 is 0 Å². The van der Waals surface area contributed by atoms with Crippen LogP contribution in [0.5, 0.6) is 0 Å². The first-order valence-corrected chi connectivity index (χ1v) is 7.08. The van der Waals surface area contributed by atoms with E-state index >= 15 is 0 Å². The monoisotopic (exact) mass is 278 g/mol. The summed E-state index contributed by atoms with van der Waals surface area (Å²) in [5.41, 5.74) is 1.14. The van der Waals surface area contributed by atoms with Gasteiger partial charge in [-0.25, -0.2) is 4.79 Å². The zero-order valence-corrected chi connectivity index (χ0v) is 11.9. The standard InChI is InChI=1S/C15H22N2O3/c1-20-14(19)12-5-6-13(16-9-12)10-17-15(11-18)7-3-2-4-8-15/h5-6,9,17-18H,2-4,7-8,10-11H2,1H3. The number of nitrogens with one attached hydrogen (secondary N) is 1. The summed E-state index contributed by atoms with van der Waals surface area (Å²) in [5.74, 6) is -0.379. The van der Waals surface area contributed by atoms with Gasteiger partial charge in [0, 0.05) is 18.3 Å². The molecule has 0 radical (unpaired) electrons. The van der Waals surface area contributed by atoms with Crippen molar-refractivity contribution in [3.05, 3.63) is 29.6 Å². The molecule has 0 amide bonds. The number of carbonyl (C=O) groups excluding carboxylic acids is 1. The summed E-state index contributed by atoms with van der Waals surface area (Å²) in [5, 5.41) is 13.1. The van der Waals surface area contributed by atoms with E-state index in [1.165, 1.54) is 19.7 Å². The molecule has 0 aromatic carbocycles. The van der Waals surface area contributed by atoms with E-state index in [1.807, 2.05) is 6.07 Å². The number of aliphatic hydroxyl groups excluding tert-OH is 1. The molecule has 0 saturated heterocycles. The van der Waals surface area contributed by atoms with Crippen LogP contribution < -0.4 is 5.32 Å². The number of aromatic nitrogens is 1. The van der Waals surface area contributed by atoms with Crippen molar-refractivity contribution in [3.63, 3.8) is 0 Å². The maximum absolute atomic E-state index is 11.3. The number of ether oxygens (including phenoxy) is 1. The molecule has 0 aliphatic heterocycles. The molecule has 2 rings (SSSR count). The molecule has 0 unspecified atom stereocenters. The number of nitrogens with zero attached hydrogens (tertiary/aromatic N) is 1. The van der Waals surface area contributed by atoms with Crippen molar-refractivity contribution in [3.8, 4) is 0 Å². The lowest BCUT2D eigenvalue weighted by Crippen LogP contribution is -2.49. The molecule has 0 bridgehead atoms. The van der Waals surface area contributed by atoms with E-state index in [4.69, 9.17) is 0 Å². The number of methoxy groups -OCH3 is 1. The van der Waals surface area contributed by atoms with E-state index in [0.29, 0.717) is 12.1 Å². The van der Waals surface area contributed by atoms with Crippen LogP contribution in [0.2, 0.25) is 0 Å². The van der Waals surface area contributed by atoms with Gasteiger partial charge in [0.05, 0.1) is 25.0 Å². The molecule has 1 aromatic rings. The quantitative estimate of drug-likeness (QED) is 0.801. The summed E-state index contributed by atoms with van der Waals surface area (Å²) in [6.45, 7) is 0.759. The highest BCUT2D eigenvalue weighted by molar-refractivity contribution is 5.88. The smallest absolute Gasteiger partial charge is 0.339 e. The van der Waals surface area contributed by atoms with Crippen LogP contribution in [0.15, 0.2) is 18.3 Å². The second-order valence-corrected chi connectivity index (χ2v) is 5.38. The topological polar surface area (TPSA) is 71.5 Å². The van der Waals surface area contributed by atoms with Crippen LogP contribution in [0.1, 0.15) is 48.2 Å². The van der Waals surface area contributed by atoms with Crippen LogP contribution in [0, 0.1) is 0 Å². The summed E-state index contributed by atoms with van der Waals surface area (Å²) in [6.07, 6.45) is 7.09. The van der Waals surface area contributed by atoms with Crippen molar-refractivity contribution < 1.29 is 14.6 Å². The molecule has 110 valence electrons. The van der Waals surface area contributed by atoms with E-state index in [9.17, 15) is 9.90 Å². The number of hydrogen-bond donors (Lipinski definition) is 2. The highest BCUT2D eigenvalue weighted by Gasteiger charge is 2.30. The van der Waals surface area contributed by atoms with Crippen LogP contribution in [0.3, 0.4) is 0 Å². The van der Waals surface area contributed by atoms with Crippen molar-refractivity contribution in [2.75, 3.05) is 13.7 Å². The van der Waals surface area contributed by atoms with Gasteiger partial charge in [-0.3, -0.25) is 4.98 Å². The van der Waals surface area contributed by atoms with Gasteiger partial charge in [-0.05, 0) is 25.0 Å². The molecule has 1 saturated carbocycles. The van der Waals surface area contributed by atoms with Gasteiger partial charge in [-0.1, -0.05) is 19.3 Å². The minimum absolute atomic E-state index is 0.160. The predicted molar refractivity (Wildman–Crippen MR) is 75.3 cm³/mol. The first-order chi connectivity index (χ1) is 9.69. The lowest BCUT2D eigenvalue weighted by Gasteiger charge is -2.36. The molecule has 0 spiro atoms. The fourth-order valence-corrected chi connectivity index (χ4v) is 2.67. The predicted octanol–water partition coefficient (Wildman–Crippen LogP) is 1.65. The number of rotatable bonds is 5. The third kappa shape index (κ3) is 3.55. The number of esters is 1. The number of aliphatic hydroxyl groups is 1. The van der Waals surface area contributed by atoms with E-state index < -0.39 is 0 Å². The summed E-state index contributed by atoms with van der Waals surface area (Å²) >= 11 is 0. The van der Waals surface area contributed by atoms with Crippen LogP contribution in [-0.4, -0.2) is 35.3 Å². The van der Waals surface area contributed by atoms with E-state index in [0.717, 1.165) is 31.4 Å². The van der Waals surface area contributed by atoms with Gasteiger partial charge in [-0.2, -0.15) is 0 Å². The normalized spacial score (nSPS) is 17.7. The molecule has 0 atom stereocenters. The average molecular weight is 278 g/mol. The summed E-state index contributed by atoms with van der Waals surface area (Å²) in [7, 11) is 1.35. The van der Waals surface area contributed by atoms with Gasteiger partial charge < -0.3 is 15.2 Å². The van der Waals surface area contributed by atoms with Crippen LogP contribution in [0.25, 0.3) is 0 Å². The second kappa shape index (κ2) is 6.81. The Kier molecular flexibility index (Phi) is 5.09. The Morgan fingerprint density at radius 2 is 2.15 bits per heavy atom. The number of hydrogen-bond acceptors (Lipinski definition) is 5. The first kappa shape index (κ1) is 14.9. The largest absolute Gasteiger partial charge is 0.465 e. The van der Waals surface area contributed by atoms with Gasteiger partial charge in [0.25, 0.3) is 0 Å². The lowest BCUT2D eigenvalue weighted by atomic mass is 9.82. The SMILES string of the molecule is COC(=O)c1ccc(CNC2(CO)CCCCC2)nc1. The Hall–Kier alpha value is -1.46. The molecule has 5 heteroatoms. The lowest BCUT2D eigenvalue weighted by molar-refractivity contribution is 0.0600. The molecular formula is C15H22N2O3. The molecule has 1 aromatic heterocycles. The van der Waals surface area contributed by atoms with Crippen molar-refractivity contribution in [1.82, 2.24) is 10.3 Å². The van der Waals surface area contributed by atoms with Gasteiger partial charge in [-0.15, -0.1) is 0 Å². The van der Waals surface area contributed by atoms with Crippen molar-refractivity contribution >= 4 is 5.97 Å². The number of pyridine rings is 1. The third-order valence-electron chi connectivity index (χ3n) is 4.00. The highest BCUT2D eigenvalue weighted by Crippen LogP contribution is 2.27. The van der Waals surface area contributed by atoms with Gasteiger partial charge in [0.2, 0.25) is 0 Å². The average Bonchev–Trinajstić information content (AvgIpc) is 2.53. The van der Waals surface area contributed by atoms with Gasteiger partial charge in [0.1, 0.15) is 0 Å². The molecule has 20 heavy (non-hydrogen) atoms. The zero-order valence-electron chi connectivity index (χ0n) is 11.9. The van der Waals surface area contributed by atoms with E-state index in [2.05, 4.69) is 15.0 Å². The summed E-state index contributed by atoms with van der Waals surface area (Å²) in [4.78, 5) is 15.6. The highest BCUT2D eigenvalue weighted by atomic mass is 16.5. The molecule has 1 heterocycles. The Labute approximate surface area is 119 Å². The maximum atomic E-state index is 11.3. The Balaban J connectivity index is 1.94. The minimum atomic E-state index is -0.379. The van der Waals surface area contributed by atoms with E-state index in [-0.39, 0.29) is 18.1 Å². The summed E-state index contributed by atoms with van der Waals surface area (Å²) < 4.78 is 4.64. The first-order valence-electron chi connectivity index (χ1n) is 7.08. The Bertz CT molecular complexity index is 439. The van der Waals surface area contributed by atoms with Crippen LogP contribution in [0.4, 0.5) is 0 Å². The molecule has 2 N–H and O–H groups in total. The Morgan fingerprint density at radius 1 is 1.40 bits per heavy atom. The van der Waals surface area contributed by atoms with E-state index in [1.54, 1.807) is 6.07 Å².